The highest BCUT2D eigenvalue weighted by Gasteiger charge is 2.08. The highest BCUT2D eigenvalue weighted by molar-refractivity contribution is 6.10. The van der Waals surface area contributed by atoms with Gasteiger partial charge in [0.2, 0.25) is 0 Å². The number of hydrogen-bond acceptors (Lipinski definition) is 9. The van der Waals surface area contributed by atoms with Crippen LogP contribution in [0.3, 0.4) is 0 Å². The van der Waals surface area contributed by atoms with Gasteiger partial charge in [-0.05, 0) is 53.4 Å². The molecule has 0 aliphatic rings. The number of allylic oxidation sites excluding steroid dienone is 1. The summed E-state index contributed by atoms with van der Waals surface area (Å²) in [5.41, 5.74) is 11.4. The molecule has 0 amide bonds. The maximum absolute atomic E-state index is 11.6. The fourth-order valence-corrected chi connectivity index (χ4v) is 3.45. The molecule has 0 unspecified atom stereocenters. The zero-order valence-electron chi connectivity index (χ0n) is 20.3. The summed E-state index contributed by atoms with van der Waals surface area (Å²) in [7, 11) is 1.36. The number of esters is 1. The van der Waals surface area contributed by atoms with Crippen LogP contribution in [0, 0.1) is 0 Å². The molecule has 9 nitrogen and oxygen atoms in total. The number of aliphatic imine (C=N–C) groups is 1. The Labute approximate surface area is 209 Å². The topological polar surface area (TPSA) is 128 Å². The molecule has 3 heterocycles. The first kappa shape index (κ1) is 24.5. The quantitative estimate of drug-likeness (QED) is 0.275. The highest BCUT2D eigenvalue weighted by Crippen LogP contribution is 2.22. The number of ether oxygens (including phenoxy) is 1. The first-order valence-corrected chi connectivity index (χ1v) is 11.4. The van der Waals surface area contributed by atoms with E-state index in [0.29, 0.717) is 40.8 Å². The number of carbonyl (C=O) groups is 1. The van der Waals surface area contributed by atoms with Crippen LogP contribution >= 0.6 is 0 Å². The molecule has 0 fully saturated rings. The SMILES string of the molecule is COC(=O)c1ccc(CN=CC(=CN)c2cnc3ccc(Nc4cc(C(C)C)cnn4)nc3c2)cc1. The molecule has 0 atom stereocenters. The molecule has 4 aromatic rings. The third kappa shape index (κ3) is 5.87. The number of anilines is 2. The molecule has 0 bridgehead atoms. The summed E-state index contributed by atoms with van der Waals surface area (Å²) in [5, 5.41) is 11.4. The van der Waals surface area contributed by atoms with Crippen LogP contribution in [-0.4, -0.2) is 39.5 Å². The number of nitrogens with one attached hydrogen (secondary N) is 1. The van der Waals surface area contributed by atoms with Crippen molar-refractivity contribution in [1.82, 2.24) is 20.2 Å². The summed E-state index contributed by atoms with van der Waals surface area (Å²) in [6.07, 6.45) is 6.69. The van der Waals surface area contributed by atoms with E-state index in [1.807, 2.05) is 36.4 Å². The molecule has 3 aromatic heterocycles. The predicted octanol–water partition coefficient (Wildman–Crippen LogP) is 4.64. The summed E-state index contributed by atoms with van der Waals surface area (Å²) in [6, 6.07) is 14.7. The van der Waals surface area contributed by atoms with Crippen molar-refractivity contribution in [2.75, 3.05) is 12.4 Å². The third-order valence-corrected chi connectivity index (χ3v) is 5.53. The van der Waals surface area contributed by atoms with Crippen molar-refractivity contribution in [2.24, 2.45) is 10.7 Å². The van der Waals surface area contributed by atoms with E-state index >= 15 is 0 Å². The molecular formula is C27H27N7O2. The van der Waals surface area contributed by atoms with Gasteiger partial charge in [-0.15, -0.1) is 5.10 Å². The minimum atomic E-state index is -0.369. The lowest BCUT2D eigenvalue weighted by atomic mass is 10.1. The Balaban J connectivity index is 1.49. The number of pyridine rings is 2. The van der Waals surface area contributed by atoms with Gasteiger partial charge in [-0.25, -0.2) is 9.78 Å². The molecule has 3 N–H and O–H groups in total. The molecule has 1 aromatic carbocycles. The number of rotatable bonds is 8. The maximum Gasteiger partial charge on any atom is 0.337 e. The number of nitrogens with two attached hydrogens (primary N) is 1. The Morgan fingerprint density at radius 3 is 2.58 bits per heavy atom. The molecule has 0 saturated carbocycles. The first-order chi connectivity index (χ1) is 17.5. The first-order valence-electron chi connectivity index (χ1n) is 11.4. The average molecular weight is 482 g/mol. The Morgan fingerprint density at radius 1 is 1.06 bits per heavy atom. The molecule has 0 aliphatic carbocycles. The van der Waals surface area contributed by atoms with Crippen molar-refractivity contribution in [3.8, 4) is 0 Å². The summed E-state index contributed by atoms with van der Waals surface area (Å²) < 4.78 is 4.72. The van der Waals surface area contributed by atoms with Gasteiger partial charge in [0, 0.05) is 29.7 Å². The minimum absolute atomic E-state index is 0.347. The molecule has 0 radical (unpaired) electrons. The van der Waals surface area contributed by atoms with E-state index < -0.39 is 0 Å². The van der Waals surface area contributed by atoms with Gasteiger partial charge >= 0.3 is 5.97 Å². The molecule has 0 spiro atoms. The van der Waals surface area contributed by atoms with Crippen LogP contribution in [0.4, 0.5) is 11.6 Å². The van der Waals surface area contributed by atoms with E-state index in [4.69, 9.17) is 10.5 Å². The third-order valence-electron chi connectivity index (χ3n) is 5.53. The van der Waals surface area contributed by atoms with Gasteiger partial charge in [0.25, 0.3) is 0 Å². The van der Waals surface area contributed by atoms with Crippen LogP contribution in [0.25, 0.3) is 16.6 Å². The van der Waals surface area contributed by atoms with E-state index in [1.165, 1.54) is 13.3 Å². The Morgan fingerprint density at radius 2 is 1.86 bits per heavy atom. The fourth-order valence-electron chi connectivity index (χ4n) is 3.45. The number of hydrogen-bond donors (Lipinski definition) is 2. The Bertz CT molecular complexity index is 1430. The van der Waals surface area contributed by atoms with Gasteiger partial charge in [-0.3, -0.25) is 9.98 Å². The zero-order valence-corrected chi connectivity index (χ0v) is 20.3. The number of carbonyl (C=O) groups excluding carboxylic acids is 1. The molecular weight excluding hydrogens is 454 g/mol. The van der Waals surface area contributed by atoms with Gasteiger partial charge in [0.05, 0.1) is 36.4 Å². The number of aromatic nitrogens is 4. The van der Waals surface area contributed by atoms with Crippen LogP contribution < -0.4 is 11.1 Å². The van der Waals surface area contributed by atoms with Crippen LogP contribution in [-0.2, 0) is 11.3 Å². The monoisotopic (exact) mass is 481 g/mol. The van der Waals surface area contributed by atoms with Gasteiger partial charge in [-0.1, -0.05) is 26.0 Å². The Kier molecular flexibility index (Phi) is 7.60. The highest BCUT2D eigenvalue weighted by atomic mass is 16.5. The van der Waals surface area contributed by atoms with Crippen molar-refractivity contribution in [2.45, 2.75) is 26.3 Å². The maximum atomic E-state index is 11.6. The molecule has 36 heavy (non-hydrogen) atoms. The zero-order chi connectivity index (χ0) is 25.5. The smallest absolute Gasteiger partial charge is 0.337 e. The second kappa shape index (κ2) is 11.2. The normalized spacial score (nSPS) is 11.8. The summed E-state index contributed by atoms with van der Waals surface area (Å²) in [5.74, 6) is 1.25. The number of benzene rings is 1. The molecule has 0 saturated heterocycles. The van der Waals surface area contributed by atoms with E-state index in [1.54, 1.807) is 30.7 Å². The molecule has 9 heteroatoms. The fraction of sp³-hybridized carbons (Fsp3) is 0.185. The van der Waals surface area contributed by atoms with Crippen LogP contribution in [0.15, 0.2) is 72.1 Å². The molecule has 182 valence electrons. The van der Waals surface area contributed by atoms with Crippen molar-refractivity contribution >= 4 is 40.4 Å². The minimum Gasteiger partial charge on any atom is -0.465 e. The summed E-state index contributed by atoms with van der Waals surface area (Å²) in [4.78, 5) is 25.3. The van der Waals surface area contributed by atoms with E-state index in [9.17, 15) is 4.79 Å². The van der Waals surface area contributed by atoms with Crippen molar-refractivity contribution in [3.05, 3.63) is 89.4 Å². The van der Waals surface area contributed by atoms with Gasteiger partial charge in [-0.2, -0.15) is 5.10 Å². The van der Waals surface area contributed by atoms with E-state index in [0.717, 1.165) is 22.2 Å². The van der Waals surface area contributed by atoms with Gasteiger partial charge in [0.15, 0.2) is 5.82 Å². The van der Waals surface area contributed by atoms with Crippen molar-refractivity contribution < 1.29 is 9.53 Å². The van der Waals surface area contributed by atoms with Gasteiger partial charge in [0.1, 0.15) is 5.82 Å². The average Bonchev–Trinajstić information content (AvgIpc) is 2.91. The van der Waals surface area contributed by atoms with Crippen molar-refractivity contribution in [1.29, 1.82) is 0 Å². The van der Waals surface area contributed by atoms with Crippen LogP contribution in [0.5, 0.6) is 0 Å². The number of nitrogens with zero attached hydrogens (tertiary/aromatic N) is 5. The van der Waals surface area contributed by atoms with E-state index in [-0.39, 0.29) is 5.97 Å². The lowest BCUT2D eigenvalue weighted by Gasteiger charge is -2.09. The summed E-state index contributed by atoms with van der Waals surface area (Å²) >= 11 is 0. The predicted molar refractivity (Wildman–Crippen MR) is 141 cm³/mol. The number of fused-ring (bicyclic) bond motifs is 1. The van der Waals surface area contributed by atoms with Gasteiger partial charge < -0.3 is 15.8 Å². The largest absolute Gasteiger partial charge is 0.465 e. The molecule has 0 aliphatic heterocycles. The number of methoxy groups -OCH3 is 1. The lowest BCUT2D eigenvalue weighted by Crippen LogP contribution is -2.01. The van der Waals surface area contributed by atoms with Crippen LogP contribution in [0.1, 0.15) is 46.8 Å². The second-order valence-corrected chi connectivity index (χ2v) is 8.39. The van der Waals surface area contributed by atoms with E-state index in [2.05, 4.69) is 44.3 Å². The molecule has 4 rings (SSSR count). The van der Waals surface area contributed by atoms with Crippen molar-refractivity contribution in [3.63, 3.8) is 0 Å². The van der Waals surface area contributed by atoms with Crippen LogP contribution in [0.2, 0.25) is 0 Å². The standard InChI is InChI=1S/C27H27N7O2/c1-17(2)20-11-26(34-31-16-20)33-25-9-8-23-24(32-25)10-21(15-30-23)22(12-28)14-29-13-18-4-6-19(7-5-18)27(35)36-3/h4-12,14-17H,13,28H2,1-3H3,(H,32,33,34). The Hall–Kier alpha value is -4.66. The summed E-state index contributed by atoms with van der Waals surface area (Å²) in [6.45, 7) is 4.65. The second-order valence-electron chi connectivity index (χ2n) is 8.39. The lowest BCUT2D eigenvalue weighted by molar-refractivity contribution is 0.0600.